The highest BCUT2D eigenvalue weighted by molar-refractivity contribution is 9.10. The highest BCUT2D eigenvalue weighted by Gasteiger charge is 2.12. The van der Waals surface area contributed by atoms with Crippen molar-refractivity contribution in [3.05, 3.63) is 58.1 Å². The molecule has 24 heavy (non-hydrogen) atoms. The van der Waals surface area contributed by atoms with Crippen LogP contribution in [0, 0.1) is 0 Å². The minimum Gasteiger partial charge on any atom is -0.493 e. The molecule has 3 N–H and O–H groups in total. The van der Waals surface area contributed by atoms with Crippen molar-refractivity contribution < 1.29 is 14.6 Å². The van der Waals surface area contributed by atoms with E-state index < -0.39 is 0 Å². The van der Waals surface area contributed by atoms with Crippen molar-refractivity contribution in [2.24, 2.45) is 0 Å². The van der Waals surface area contributed by atoms with Gasteiger partial charge in [-0.2, -0.15) is 0 Å². The molecule has 7 heteroatoms. The first-order chi connectivity index (χ1) is 11.6. The number of hydrogen-bond acceptors (Lipinski definition) is 3. The Labute approximate surface area is 155 Å². The summed E-state index contributed by atoms with van der Waals surface area (Å²) in [5.41, 5.74) is 4.82. The molecule has 0 saturated heterocycles. The lowest BCUT2D eigenvalue weighted by Gasteiger charge is -2.13. The van der Waals surface area contributed by atoms with Crippen LogP contribution in [0.5, 0.6) is 11.5 Å². The van der Waals surface area contributed by atoms with Crippen molar-refractivity contribution in [1.29, 1.82) is 0 Å². The number of hydrazone groups is 1. The Bertz CT molecular complexity index is 723. The van der Waals surface area contributed by atoms with Crippen molar-refractivity contribution in [3.63, 3.8) is 0 Å². The van der Waals surface area contributed by atoms with Crippen molar-refractivity contribution in [2.45, 2.75) is 6.61 Å². The second kappa shape index (κ2) is 9.24. The lowest BCUT2D eigenvalue weighted by atomic mass is 10.2. The third kappa shape index (κ3) is 5.21. The Hall–Kier alpha value is -2.12. The van der Waals surface area contributed by atoms with E-state index >= 15 is 0 Å². The summed E-state index contributed by atoms with van der Waals surface area (Å²) in [6.07, 6.45) is 1.78. The molecule has 0 unspecified atom stereocenters. The first-order valence-electron chi connectivity index (χ1n) is 7.24. The van der Waals surface area contributed by atoms with Gasteiger partial charge in [-0.05, 0) is 45.8 Å². The highest BCUT2D eigenvalue weighted by atomic mass is 79.9. The molecule has 0 spiro atoms. The van der Waals surface area contributed by atoms with Crippen molar-refractivity contribution >= 4 is 39.5 Å². The first-order valence-corrected chi connectivity index (χ1v) is 8.45. The van der Waals surface area contributed by atoms with E-state index in [9.17, 15) is 0 Å². The Morgan fingerprint density at radius 1 is 1.29 bits per heavy atom. The van der Waals surface area contributed by atoms with E-state index in [0.29, 0.717) is 23.2 Å². The zero-order valence-corrected chi connectivity index (χ0v) is 15.8. The van der Waals surface area contributed by atoms with Crippen LogP contribution in [0.4, 0.5) is 0 Å². The predicted molar refractivity (Wildman–Crippen MR) is 102 cm³/mol. The van der Waals surface area contributed by atoms with Crippen LogP contribution < -0.4 is 25.3 Å². The maximum Gasteiger partial charge on any atom is 0.223 e. The third-order valence-corrected chi connectivity index (χ3v) is 4.02. The molecule has 126 valence electrons. The molecule has 5 nitrogen and oxygen atoms in total. The zero-order valence-electron chi connectivity index (χ0n) is 13.4. The molecule has 0 fully saturated rings. The van der Waals surface area contributed by atoms with Crippen LogP contribution in [0.2, 0.25) is 0 Å². The van der Waals surface area contributed by atoms with E-state index in [4.69, 9.17) is 21.7 Å². The lowest BCUT2D eigenvalue weighted by molar-refractivity contribution is -0.500. The monoisotopic (exact) mass is 408 g/mol. The number of benzene rings is 2. The molecule has 0 heterocycles. The van der Waals surface area contributed by atoms with Crippen molar-refractivity contribution in [3.8, 4) is 11.5 Å². The average Bonchev–Trinajstić information content (AvgIpc) is 2.61. The zero-order chi connectivity index (χ0) is 17.4. The summed E-state index contributed by atoms with van der Waals surface area (Å²) < 4.78 is 12.2. The van der Waals surface area contributed by atoms with Gasteiger partial charge in [0.2, 0.25) is 5.11 Å². The number of rotatable bonds is 6. The van der Waals surface area contributed by atoms with Gasteiger partial charge in [0.1, 0.15) is 6.61 Å². The number of thiocarbonyl (C=S) groups is 1. The molecule has 0 aliphatic heterocycles. The van der Waals surface area contributed by atoms with E-state index in [1.54, 1.807) is 20.4 Å². The molecule has 2 rings (SSSR count). The molecule has 2 aromatic carbocycles. The van der Waals surface area contributed by atoms with E-state index in [2.05, 4.69) is 31.8 Å². The quantitative estimate of drug-likeness (QED) is 0.384. The Balaban J connectivity index is 2.13. The Kier molecular flexibility index (Phi) is 7.02. The highest BCUT2D eigenvalue weighted by Crippen LogP contribution is 2.36. The first kappa shape index (κ1) is 18.2. The van der Waals surface area contributed by atoms with Gasteiger partial charge < -0.3 is 14.8 Å². The van der Waals surface area contributed by atoms with E-state index in [1.807, 2.05) is 42.5 Å². The van der Waals surface area contributed by atoms with Gasteiger partial charge in [-0.25, -0.2) is 0 Å². The SMILES string of the molecule is CNC(=S)N[NH+]=Cc1cc(Br)c(OCc2ccccc2)c(OC)c1. The molecule has 0 aromatic heterocycles. The fourth-order valence-electron chi connectivity index (χ4n) is 1.94. The summed E-state index contributed by atoms with van der Waals surface area (Å²) in [5, 5.41) is 6.22. The molecule has 0 bridgehead atoms. The van der Waals surface area contributed by atoms with Crippen LogP contribution in [0.15, 0.2) is 46.9 Å². The Morgan fingerprint density at radius 2 is 2.04 bits per heavy atom. The Morgan fingerprint density at radius 3 is 2.71 bits per heavy atom. The van der Waals surface area contributed by atoms with E-state index in [-0.39, 0.29) is 0 Å². The topological polar surface area (TPSA) is 56.5 Å². The fourth-order valence-corrected chi connectivity index (χ4v) is 2.57. The molecular weight excluding hydrogens is 390 g/mol. The second-order valence-corrected chi connectivity index (χ2v) is 6.06. The molecule has 0 aliphatic carbocycles. The predicted octanol–water partition coefficient (Wildman–Crippen LogP) is 1.55. The van der Waals surface area contributed by atoms with Gasteiger partial charge in [0.15, 0.2) is 17.7 Å². The smallest absolute Gasteiger partial charge is 0.223 e. The number of hydrogen-bond donors (Lipinski definition) is 3. The van der Waals surface area contributed by atoms with Gasteiger partial charge in [0.25, 0.3) is 0 Å². The molecule has 0 aliphatic rings. The fraction of sp³-hybridized carbons (Fsp3) is 0.176. The lowest BCUT2D eigenvalue weighted by Crippen LogP contribution is -2.82. The number of halogens is 1. The van der Waals surface area contributed by atoms with E-state index in [0.717, 1.165) is 15.6 Å². The van der Waals surface area contributed by atoms with Gasteiger partial charge in [-0.1, -0.05) is 30.3 Å². The number of ether oxygens (including phenoxy) is 2. The van der Waals surface area contributed by atoms with Gasteiger partial charge in [0.05, 0.1) is 11.6 Å². The number of hydrazine groups is 1. The van der Waals surface area contributed by atoms with Gasteiger partial charge in [-0.15, -0.1) is 10.5 Å². The standard InChI is InChI=1S/C17H18BrN3O2S/c1-19-17(24)21-20-10-13-8-14(18)16(15(9-13)22-2)23-11-12-6-4-3-5-7-12/h3-10H,11H2,1-2H3,(H2,19,21,24)/p+1. The van der Waals surface area contributed by atoms with Crippen LogP contribution in [-0.4, -0.2) is 25.5 Å². The summed E-state index contributed by atoms with van der Waals surface area (Å²) >= 11 is 8.52. The van der Waals surface area contributed by atoms with Gasteiger partial charge in [0, 0.05) is 12.6 Å². The number of methoxy groups -OCH3 is 1. The van der Waals surface area contributed by atoms with Gasteiger partial charge in [-0.3, -0.25) is 0 Å². The molecule has 0 radical (unpaired) electrons. The molecule has 0 saturated carbocycles. The van der Waals surface area contributed by atoms with Crippen LogP contribution in [0.25, 0.3) is 0 Å². The molecular formula is C17H19BrN3O2S+. The van der Waals surface area contributed by atoms with Crippen LogP contribution in [-0.2, 0) is 6.61 Å². The minimum atomic E-state index is 0.467. The average molecular weight is 409 g/mol. The van der Waals surface area contributed by atoms with E-state index in [1.165, 1.54) is 0 Å². The maximum atomic E-state index is 5.91. The summed E-state index contributed by atoms with van der Waals surface area (Å²) in [6.45, 7) is 0.467. The summed E-state index contributed by atoms with van der Waals surface area (Å²) in [4.78, 5) is 0. The largest absolute Gasteiger partial charge is 0.493 e. The van der Waals surface area contributed by atoms with Gasteiger partial charge >= 0.3 is 0 Å². The molecule has 0 atom stereocenters. The second-order valence-electron chi connectivity index (χ2n) is 4.80. The maximum absolute atomic E-state index is 5.91. The summed E-state index contributed by atoms with van der Waals surface area (Å²) in [5.74, 6) is 1.31. The van der Waals surface area contributed by atoms with Crippen molar-refractivity contribution in [2.75, 3.05) is 14.2 Å². The molecule has 2 aromatic rings. The minimum absolute atomic E-state index is 0.467. The summed E-state index contributed by atoms with van der Waals surface area (Å²) in [7, 11) is 3.36. The summed E-state index contributed by atoms with van der Waals surface area (Å²) in [6, 6.07) is 13.8. The van der Waals surface area contributed by atoms with Crippen LogP contribution >= 0.6 is 28.1 Å². The van der Waals surface area contributed by atoms with Crippen LogP contribution in [0.3, 0.4) is 0 Å². The normalized spacial score (nSPS) is 10.5. The third-order valence-electron chi connectivity index (χ3n) is 3.13. The number of nitrogens with one attached hydrogen (secondary N) is 3. The van der Waals surface area contributed by atoms with Crippen molar-refractivity contribution in [1.82, 2.24) is 10.7 Å². The van der Waals surface area contributed by atoms with Crippen LogP contribution in [0.1, 0.15) is 11.1 Å². The molecule has 0 amide bonds.